The van der Waals surface area contributed by atoms with Gasteiger partial charge in [-0.15, -0.1) is 0 Å². The van der Waals surface area contributed by atoms with Gasteiger partial charge in [-0.3, -0.25) is 4.79 Å². The molecule has 0 aliphatic rings. The Hall–Kier alpha value is -3.32. The summed E-state index contributed by atoms with van der Waals surface area (Å²) in [6, 6.07) is 20.4. The summed E-state index contributed by atoms with van der Waals surface area (Å²) in [4.78, 5) is 12.3. The van der Waals surface area contributed by atoms with E-state index in [0.29, 0.717) is 36.9 Å². The smallest absolute Gasteiger partial charge is 0.271 e. The molecule has 0 saturated heterocycles. The molecule has 0 bridgehead atoms. The number of nitrogens with one attached hydrogen (secondary N) is 1. The molecule has 0 aliphatic heterocycles. The Kier molecular flexibility index (Phi) is 8.69. The molecule has 3 aromatic rings. The molecule has 0 heterocycles. The first-order chi connectivity index (χ1) is 15.6. The van der Waals surface area contributed by atoms with Gasteiger partial charge in [-0.1, -0.05) is 28.1 Å². The van der Waals surface area contributed by atoms with Crippen LogP contribution in [0.5, 0.6) is 17.2 Å². The van der Waals surface area contributed by atoms with Crippen LogP contribution in [-0.2, 0) is 6.61 Å². The lowest BCUT2D eigenvalue weighted by atomic mass is 10.2. The SMILES string of the molecule is CCOc1ccc(C(=O)N/N=C/c2ccc(OCc3ccc(Br)cc3)c(OCC)c2)cc1. The van der Waals surface area contributed by atoms with Crippen molar-refractivity contribution in [3.63, 3.8) is 0 Å². The number of rotatable bonds is 10. The van der Waals surface area contributed by atoms with E-state index in [1.165, 1.54) is 0 Å². The second-order valence-corrected chi connectivity index (χ2v) is 7.63. The van der Waals surface area contributed by atoms with Gasteiger partial charge in [-0.05, 0) is 79.6 Å². The lowest BCUT2D eigenvalue weighted by molar-refractivity contribution is 0.0955. The van der Waals surface area contributed by atoms with Crippen LogP contribution < -0.4 is 19.6 Å². The maximum absolute atomic E-state index is 12.3. The average Bonchev–Trinajstić information content (AvgIpc) is 2.80. The number of hydrogen-bond acceptors (Lipinski definition) is 5. The van der Waals surface area contributed by atoms with Gasteiger partial charge < -0.3 is 14.2 Å². The second-order valence-electron chi connectivity index (χ2n) is 6.71. The van der Waals surface area contributed by atoms with E-state index in [1.54, 1.807) is 30.5 Å². The van der Waals surface area contributed by atoms with Crippen LogP contribution in [0.3, 0.4) is 0 Å². The fourth-order valence-corrected chi connectivity index (χ4v) is 3.10. The highest BCUT2D eigenvalue weighted by molar-refractivity contribution is 9.10. The summed E-state index contributed by atoms with van der Waals surface area (Å²) in [5.74, 6) is 1.68. The van der Waals surface area contributed by atoms with Crippen LogP contribution in [-0.4, -0.2) is 25.3 Å². The van der Waals surface area contributed by atoms with Gasteiger partial charge in [0.15, 0.2) is 11.5 Å². The number of nitrogens with zero attached hydrogens (tertiary/aromatic N) is 1. The van der Waals surface area contributed by atoms with E-state index in [1.807, 2.05) is 56.3 Å². The number of hydrogen-bond donors (Lipinski definition) is 1. The maximum atomic E-state index is 12.3. The van der Waals surface area contributed by atoms with E-state index >= 15 is 0 Å². The third-order valence-corrected chi connectivity index (χ3v) is 4.91. The zero-order chi connectivity index (χ0) is 22.8. The molecule has 0 aliphatic carbocycles. The molecule has 32 heavy (non-hydrogen) atoms. The first kappa shape index (κ1) is 23.3. The number of ether oxygens (including phenoxy) is 3. The Morgan fingerprint density at radius 3 is 2.31 bits per heavy atom. The van der Waals surface area contributed by atoms with Crippen molar-refractivity contribution in [1.82, 2.24) is 5.43 Å². The summed E-state index contributed by atoms with van der Waals surface area (Å²) in [5.41, 5.74) is 4.86. The minimum absolute atomic E-state index is 0.302. The zero-order valence-corrected chi connectivity index (χ0v) is 19.6. The van der Waals surface area contributed by atoms with Gasteiger partial charge in [0.1, 0.15) is 12.4 Å². The molecule has 1 N–H and O–H groups in total. The standard InChI is InChI=1S/C25H25BrN2O4/c1-3-30-22-12-8-20(9-13-22)25(29)28-27-16-19-7-14-23(24(15-19)31-4-2)32-17-18-5-10-21(26)11-6-18/h5-16H,3-4,17H2,1-2H3,(H,28,29)/b27-16+. The molecular weight excluding hydrogens is 472 g/mol. The highest BCUT2D eigenvalue weighted by Crippen LogP contribution is 2.29. The van der Waals surface area contributed by atoms with Gasteiger partial charge in [-0.25, -0.2) is 5.43 Å². The summed E-state index contributed by atoms with van der Waals surface area (Å²) >= 11 is 3.43. The number of benzene rings is 3. The molecule has 7 heteroatoms. The fraction of sp³-hybridized carbons (Fsp3) is 0.200. The van der Waals surface area contributed by atoms with Crippen molar-refractivity contribution < 1.29 is 19.0 Å². The molecular formula is C25H25BrN2O4. The lowest BCUT2D eigenvalue weighted by Crippen LogP contribution is -2.17. The fourth-order valence-electron chi connectivity index (χ4n) is 2.83. The van der Waals surface area contributed by atoms with Crippen molar-refractivity contribution in [3.8, 4) is 17.2 Å². The van der Waals surface area contributed by atoms with E-state index in [2.05, 4.69) is 26.5 Å². The molecule has 166 valence electrons. The third kappa shape index (κ3) is 6.85. The van der Waals surface area contributed by atoms with Crippen LogP contribution in [0.15, 0.2) is 76.3 Å². The highest BCUT2D eigenvalue weighted by atomic mass is 79.9. The van der Waals surface area contributed by atoms with Gasteiger partial charge in [0.2, 0.25) is 0 Å². The quantitative estimate of drug-likeness (QED) is 0.293. The van der Waals surface area contributed by atoms with Crippen molar-refractivity contribution in [2.75, 3.05) is 13.2 Å². The Morgan fingerprint density at radius 1 is 0.906 bits per heavy atom. The number of halogens is 1. The van der Waals surface area contributed by atoms with Crippen molar-refractivity contribution in [2.45, 2.75) is 20.5 Å². The predicted octanol–water partition coefficient (Wildman–Crippen LogP) is 5.59. The maximum Gasteiger partial charge on any atom is 0.271 e. The minimum Gasteiger partial charge on any atom is -0.494 e. The third-order valence-electron chi connectivity index (χ3n) is 4.38. The monoisotopic (exact) mass is 496 g/mol. The molecule has 0 saturated carbocycles. The first-order valence-corrected chi connectivity index (χ1v) is 11.1. The molecule has 3 aromatic carbocycles. The van der Waals surface area contributed by atoms with Gasteiger partial charge in [-0.2, -0.15) is 5.10 Å². The van der Waals surface area contributed by atoms with Crippen LogP contribution in [0, 0.1) is 0 Å². The molecule has 0 atom stereocenters. The molecule has 0 radical (unpaired) electrons. The molecule has 0 unspecified atom stereocenters. The Labute approximate surface area is 196 Å². The second kappa shape index (κ2) is 11.9. The zero-order valence-electron chi connectivity index (χ0n) is 18.0. The lowest BCUT2D eigenvalue weighted by Gasteiger charge is -2.12. The molecule has 0 spiro atoms. The van der Waals surface area contributed by atoms with Crippen molar-refractivity contribution >= 4 is 28.1 Å². The minimum atomic E-state index is -0.302. The Morgan fingerprint density at radius 2 is 1.62 bits per heavy atom. The topological polar surface area (TPSA) is 69.2 Å². The summed E-state index contributed by atoms with van der Waals surface area (Å²) < 4.78 is 18.1. The van der Waals surface area contributed by atoms with Crippen LogP contribution in [0.4, 0.5) is 0 Å². The first-order valence-electron chi connectivity index (χ1n) is 10.3. The van der Waals surface area contributed by atoms with Crippen LogP contribution in [0.2, 0.25) is 0 Å². The van der Waals surface area contributed by atoms with E-state index in [0.717, 1.165) is 21.3 Å². The van der Waals surface area contributed by atoms with Crippen molar-refractivity contribution in [2.24, 2.45) is 5.10 Å². The molecule has 6 nitrogen and oxygen atoms in total. The van der Waals surface area contributed by atoms with Crippen LogP contribution >= 0.6 is 15.9 Å². The largest absolute Gasteiger partial charge is 0.494 e. The van der Waals surface area contributed by atoms with Crippen LogP contribution in [0.1, 0.15) is 35.3 Å². The normalized spacial score (nSPS) is 10.7. The molecule has 1 amide bonds. The summed E-state index contributed by atoms with van der Waals surface area (Å²) in [5, 5.41) is 4.05. The van der Waals surface area contributed by atoms with E-state index in [4.69, 9.17) is 14.2 Å². The average molecular weight is 497 g/mol. The molecule has 3 rings (SSSR count). The summed E-state index contributed by atoms with van der Waals surface area (Å²) in [7, 11) is 0. The predicted molar refractivity (Wildman–Crippen MR) is 129 cm³/mol. The van der Waals surface area contributed by atoms with Crippen molar-refractivity contribution in [1.29, 1.82) is 0 Å². The van der Waals surface area contributed by atoms with Gasteiger partial charge in [0.05, 0.1) is 19.4 Å². The summed E-state index contributed by atoms with van der Waals surface area (Å²) in [6.45, 7) is 5.33. The van der Waals surface area contributed by atoms with Crippen molar-refractivity contribution in [3.05, 3.63) is 87.9 Å². The molecule has 0 aromatic heterocycles. The highest BCUT2D eigenvalue weighted by Gasteiger charge is 2.08. The number of carbonyl (C=O) groups is 1. The van der Waals surface area contributed by atoms with Gasteiger partial charge in [0.25, 0.3) is 5.91 Å². The Bertz CT molecular complexity index is 1050. The van der Waals surface area contributed by atoms with E-state index in [-0.39, 0.29) is 5.91 Å². The van der Waals surface area contributed by atoms with Gasteiger partial charge in [0, 0.05) is 10.0 Å². The number of carbonyl (C=O) groups excluding carboxylic acids is 1. The number of amides is 1. The molecule has 0 fully saturated rings. The van der Waals surface area contributed by atoms with Gasteiger partial charge >= 0.3 is 0 Å². The van der Waals surface area contributed by atoms with E-state index in [9.17, 15) is 4.79 Å². The van der Waals surface area contributed by atoms with E-state index < -0.39 is 0 Å². The van der Waals surface area contributed by atoms with Crippen LogP contribution in [0.25, 0.3) is 0 Å². The summed E-state index contributed by atoms with van der Waals surface area (Å²) in [6.07, 6.45) is 1.56. The number of hydrazone groups is 1. The Balaban J connectivity index is 1.61.